The van der Waals surface area contributed by atoms with E-state index in [1.807, 2.05) is 36.1 Å². The van der Waals surface area contributed by atoms with E-state index in [2.05, 4.69) is 10.1 Å². The molecule has 6 nitrogen and oxygen atoms in total. The SMILES string of the molecule is Cc1nc(C2CCCN(C(=O)CCCOc3ccccc3C)C2)no1. The molecule has 0 N–H and O–H groups in total. The lowest BCUT2D eigenvalue weighted by atomic mass is 9.97. The fraction of sp³-hybridized carbons (Fsp3) is 0.526. The van der Waals surface area contributed by atoms with Gasteiger partial charge in [-0.2, -0.15) is 4.98 Å². The summed E-state index contributed by atoms with van der Waals surface area (Å²) >= 11 is 0. The van der Waals surface area contributed by atoms with Gasteiger partial charge in [0, 0.05) is 32.4 Å². The summed E-state index contributed by atoms with van der Waals surface area (Å²) in [6.45, 7) is 5.85. The van der Waals surface area contributed by atoms with Gasteiger partial charge in [-0.1, -0.05) is 23.4 Å². The monoisotopic (exact) mass is 343 g/mol. The molecule has 1 aliphatic rings. The molecular formula is C19H25N3O3. The fourth-order valence-electron chi connectivity index (χ4n) is 3.18. The lowest BCUT2D eigenvalue weighted by molar-refractivity contribution is -0.132. The Hall–Kier alpha value is -2.37. The van der Waals surface area contributed by atoms with Gasteiger partial charge >= 0.3 is 0 Å². The Morgan fingerprint density at radius 1 is 1.36 bits per heavy atom. The van der Waals surface area contributed by atoms with Gasteiger partial charge in [0.05, 0.1) is 6.61 Å². The molecule has 2 aromatic rings. The summed E-state index contributed by atoms with van der Waals surface area (Å²) in [6.07, 6.45) is 3.20. The number of ether oxygens (including phenoxy) is 1. The summed E-state index contributed by atoms with van der Waals surface area (Å²) in [5.74, 6) is 2.54. The van der Waals surface area contributed by atoms with Gasteiger partial charge in [0.25, 0.3) is 0 Å². The maximum atomic E-state index is 12.5. The van der Waals surface area contributed by atoms with Crippen LogP contribution in [0, 0.1) is 13.8 Å². The number of aromatic nitrogens is 2. The normalized spacial score (nSPS) is 17.5. The molecule has 134 valence electrons. The number of rotatable bonds is 6. The van der Waals surface area contributed by atoms with E-state index in [0.717, 1.165) is 42.9 Å². The number of likely N-dealkylation sites (tertiary alicyclic amines) is 1. The van der Waals surface area contributed by atoms with Crippen molar-refractivity contribution in [2.24, 2.45) is 0 Å². The Bertz CT molecular complexity index is 713. The second-order valence-corrected chi connectivity index (χ2v) is 6.57. The zero-order chi connectivity index (χ0) is 17.6. The molecule has 0 spiro atoms. The lowest BCUT2D eigenvalue weighted by Crippen LogP contribution is -2.39. The molecule has 1 aromatic carbocycles. The molecule has 25 heavy (non-hydrogen) atoms. The number of benzene rings is 1. The number of aryl methyl sites for hydroxylation is 2. The molecular weight excluding hydrogens is 318 g/mol. The molecule has 1 aliphatic heterocycles. The van der Waals surface area contributed by atoms with E-state index in [0.29, 0.717) is 25.5 Å². The van der Waals surface area contributed by atoms with E-state index in [4.69, 9.17) is 9.26 Å². The first-order valence-electron chi connectivity index (χ1n) is 8.90. The van der Waals surface area contributed by atoms with Crippen LogP contribution in [0.25, 0.3) is 0 Å². The zero-order valence-corrected chi connectivity index (χ0v) is 14.9. The number of piperidine rings is 1. The van der Waals surface area contributed by atoms with E-state index < -0.39 is 0 Å². The van der Waals surface area contributed by atoms with Crippen LogP contribution >= 0.6 is 0 Å². The molecule has 0 aliphatic carbocycles. The second-order valence-electron chi connectivity index (χ2n) is 6.57. The number of hydrogen-bond acceptors (Lipinski definition) is 5. The smallest absolute Gasteiger partial charge is 0.223 e. The van der Waals surface area contributed by atoms with Gasteiger partial charge in [0.15, 0.2) is 5.82 Å². The highest BCUT2D eigenvalue weighted by molar-refractivity contribution is 5.76. The molecule has 1 saturated heterocycles. The van der Waals surface area contributed by atoms with Crippen molar-refractivity contribution >= 4 is 5.91 Å². The van der Waals surface area contributed by atoms with Crippen LogP contribution in [-0.4, -0.2) is 40.6 Å². The molecule has 6 heteroatoms. The summed E-state index contributed by atoms with van der Waals surface area (Å²) in [7, 11) is 0. The van der Waals surface area contributed by atoms with Gasteiger partial charge in [-0.05, 0) is 37.8 Å². The molecule has 1 aromatic heterocycles. The molecule has 1 unspecified atom stereocenters. The van der Waals surface area contributed by atoms with Gasteiger partial charge in [-0.15, -0.1) is 0 Å². The van der Waals surface area contributed by atoms with Crippen molar-refractivity contribution in [1.82, 2.24) is 15.0 Å². The third-order valence-electron chi connectivity index (χ3n) is 4.57. The predicted octanol–water partition coefficient (Wildman–Crippen LogP) is 3.25. The Kier molecular flexibility index (Phi) is 5.68. The Morgan fingerprint density at radius 3 is 2.96 bits per heavy atom. The molecule has 2 heterocycles. The quantitative estimate of drug-likeness (QED) is 0.753. The van der Waals surface area contributed by atoms with Crippen molar-refractivity contribution < 1.29 is 14.1 Å². The van der Waals surface area contributed by atoms with Crippen LogP contribution in [0.3, 0.4) is 0 Å². The molecule has 3 rings (SSSR count). The molecule has 0 radical (unpaired) electrons. The van der Waals surface area contributed by atoms with E-state index >= 15 is 0 Å². The summed E-state index contributed by atoms with van der Waals surface area (Å²) in [4.78, 5) is 18.7. The standard InChI is InChI=1S/C19H25N3O3/c1-14-7-3-4-9-17(14)24-12-6-10-18(23)22-11-5-8-16(13-22)19-20-15(2)25-21-19/h3-4,7,9,16H,5-6,8,10-13H2,1-2H3. The maximum absolute atomic E-state index is 12.5. The zero-order valence-electron chi connectivity index (χ0n) is 14.9. The number of nitrogens with zero attached hydrogens (tertiary/aromatic N) is 3. The van der Waals surface area contributed by atoms with Crippen LogP contribution in [-0.2, 0) is 4.79 Å². The largest absolute Gasteiger partial charge is 0.493 e. The van der Waals surface area contributed by atoms with Crippen molar-refractivity contribution in [2.75, 3.05) is 19.7 Å². The number of hydrogen-bond donors (Lipinski definition) is 0. The van der Waals surface area contributed by atoms with Gasteiger partial charge in [0.2, 0.25) is 11.8 Å². The molecule has 0 bridgehead atoms. The first kappa shape index (κ1) is 17.5. The molecule has 1 atom stereocenters. The van der Waals surface area contributed by atoms with Crippen LogP contribution in [0.1, 0.15) is 48.9 Å². The Balaban J connectivity index is 1.44. The van der Waals surface area contributed by atoms with Gasteiger partial charge in [0.1, 0.15) is 5.75 Å². The minimum Gasteiger partial charge on any atom is -0.493 e. The number of carbonyl (C=O) groups excluding carboxylic acids is 1. The third kappa shape index (κ3) is 4.59. The van der Waals surface area contributed by atoms with Crippen molar-refractivity contribution in [3.05, 3.63) is 41.5 Å². The summed E-state index contributed by atoms with van der Waals surface area (Å²) < 4.78 is 10.8. The van der Waals surface area contributed by atoms with Gasteiger partial charge < -0.3 is 14.2 Å². The first-order valence-corrected chi connectivity index (χ1v) is 8.90. The van der Waals surface area contributed by atoms with Crippen LogP contribution < -0.4 is 4.74 Å². The van der Waals surface area contributed by atoms with E-state index in [9.17, 15) is 4.79 Å². The van der Waals surface area contributed by atoms with Crippen molar-refractivity contribution in [3.63, 3.8) is 0 Å². The first-order chi connectivity index (χ1) is 12.1. The van der Waals surface area contributed by atoms with E-state index in [1.165, 1.54) is 0 Å². The average molecular weight is 343 g/mol. The van der Waals surface area contributed by atoms with Gasteiger partial charge in [-0.25, -0.2) is 0 Å². The maximum Gasteiger partial charge on any atom is 0.223 e. The predicted molar refractivity (Wildman–Crippen MR) is 93.5 cm³/mol. The third-order valence-corrected chi connectivity index (χ3v) is 4.57. The Labute approximate surface area is 148 Å². The minimum absolute atomic E-state index is 0.179. The van der Waals surface area contributed by atoms with Gasteiger partial charge in [-0.3, -0.25) is 4.79 Å². The molecule has 1 fully saturated rings. The topological polar surface area (TPSA) is 68.5 Å². The van der Waals surface area contributed by atoms with Crippen molar-refractivity contribution in [2.45, 2.75) is 45.4 Å². The highest BCUT2D eigenvalue weighted by atomic mass is 16.5. The van der Waals surface area contributed by atoms with Crippen molar-refractivity contribution in [1.29, 1.82) is 0 Å². The van der Waals surface area contributed by atoms with Crippen LogP contribution in [0.2, 0.25) is 0 Å². The average Bonchev–Trinajstić information content (AvgIpc) is 3.06. The minimum atomic E-state index is 0.179. The Morgan fingerprint density at radius 2 is 2.20 bits per heavy atom. The van der Waals surface area contributed by atoms with Crippen molar-refractivity contribution in [3.8, 4) is 5.75 Å². The number of para-hydroxylation sites is 1. The second kappa shape index (κ2) is 8.14. The molecule has 1 amide bonds. The number of amides is 1. The summed E-state index contributed by atoms with van der Waals surface area (Å²) in [5, 5.41) is 4.01. The summed E-state index contributed by atoms with van der Waals surface area (Å²) in [5.41, 5.74) is 1.11. The van der Waals surface area contributed by atoms with E-state index in [1.54, 1.807) is 6.92 Å². The van der Waals surface area contributed by atoms with Crippen LogP contribution in [0.15, 0.2) is 28.8 Å². The van der Waals surface area contributed by atoms with Crippen LogP contribution in [0.4, 0.5) is 0 Å². The number of carbonyl (C=O) groups is 1. The molecule has 0 saturated carbocycles. The van der Waals surface area contributed by atoms with E-state index in [-0.39, 0.29) is 11.8 Å². The highest BCUT2D eigenvalue weighted by Gasteiger charge is 2.27. The lowest BCUT2D eigenvalue weighted by Gasteiger charge is -2.31. The highest BCUT2D eigenvalue weighted by Crippen LogP contribution is 2.25. The summed E-state index contributed by atoms with van der Waals surface area (Å²) in [6, 6.07) is 7.93. The fourth-order valence-corrected chi connectivity index (χ4v) is 3.18. The van der Waals surface area contributed by atoms with Crippen LogP contribution in [0.5, 0.6) is 5.75 Å².